The van der Waals surface area contributed by atoms with Crippen LogP contribution in [0.25, 0.3) is 5.76 Å². The SMILES string of the molecule is CCOc1cc(C2/C(=C(/O)c3ccccc3OC)C(=O)C(=O)N2Cc2ccc(OC)cc2)ccc1O. The summed E-state index contributed by atoms with van der Waals surface area (Å²) in [6.45, 7) is 2.20. The first kappa shape index (κ1) is 24.7. The van der Waals surface area contributed by atoms with Gasteiger partial charge >= 0.3 is 0 Å². The number of Topliss-reactive ketones (excluding diaryl/α,β-unsaturated/α-hetero) is 1. The van der Waals surface area contributed by atoms with E-state index >= 15 is 0 Å². The van der Waals surface area contributed by atoms with E-state index in [9.17, 15) is 19.8 Å². The summed E-state index contributed by atoms with van der Waals surface area (Å²) in [5.41, 5.74) is 1.48. The monoisotopic (exact) mass is 489 g/mol. The molecule has 4 rings (SSSR count). The van der Waals surface area contributed by atoms with Crippen LogP contribution in [0.4, 0.5) is 0 Å². The molecule has 2 N–H and O–H groups in total. The third-order valence-electron chi connectivity index (χ3n) is 6.01. The molecule has 0 radical (unpaired) electrons. The van der Waals surface area contributed by atoms with Gasteiger partial charge in [-0.3, -0.25) is 9.59 Å². The molecule has 3 aromatic carbocycles. The predicted molar refractivity (Wildman–Crippen MR) is 133 cm³/mol. The van der Waals surface area contributed by atoms with Crippen LogP contribution in [0, 0.1) is 0 Å². The topological polar surface area (TPSA) is 106 Å². The molecule has 1 aliphatic rings. The molecule has 8 nitrogen and oxygen atoms in total. The number of ether oxygens (including phenoxy) is 3. The maximum absolute atomic E-state index is 13.3. The van der Waals surface area contributed by atoms with Gasteiger partial charge in [-0.1, -0.05) is 30.3 Å². The number of carbonyl (C=O) groups is 2. The van der Waals surface area contributed by atoms with Crippen molar-refractivity contribution < 1.29 is 34.0 Å². The largest absolute Gasteiger partial charge is 0.507 e. The van der Waals surface area contributed by atoms with Gasteiger partial charge in [-0.2, -0.15) is 0 Å². The van der Waals surface area contributed by atoms with E-state index < -0.39 is 17.7 Å². The van der Waals surface area contributed by atoms with Crippen LogP contribution < -0.4 is 14.2 Å². The number of methoxy groups -OCH3 is 2. The van der Waals surface area contributed by atoms with Gasteiger partial charge in [0.1, 0.15) is 17.3 Å². The minimum absolute atomic E-state index is 0.0718. The lowest BCUT2D eigenvalue weighted by atomic mass is 9.94. The maximum atomic E-state index is 13.3. The second kappa shape index (κ2) is 10.4. The van der Waals surface area contributed by atoms with E-state index in [4.69, 9.17) is 14.2 Å². The molecule has 1 atom stereocenters. The smallest absolute Gasteiger partial charge is 0.295 e. The number of nitrogens with zero attached hydrogens (tertiary/aromatic N) is 1. The number of likely N-dealkylation sites (tertiary alicyclic amines) is 1. The van der Waals surface area contributed by atoms with Gasteiger partial charge in [0, 0.05) is 6.54 Å². The molecule has 8 heteroatoms. The Bertz CT molecular complexity index is 1310. The predicted octanol–water partition coefficient (Wildman–Crippen LogP) is 4.43. The molecule has 1 fully saturated rings. The second-order valence-electron chi connectivity index (χ2n) is 8.14. The molecule has 1 saturated heterocycles. The molecule has 3 aromatic rings. The molecular formula is C28H27NO7. The normalized spacial score (nSPS) is 16.8. The van der Waals surface area contributed by atoms with Gasteiger partial charge in [0.25, 0.3) is 11.7 Å². The minimum Gasteiger partial charge on any atom is -0.507 e. The van der Waals surface area contributed by atoms with E-state index in [1.165, 1.54) is 18.1 Å². The van der Waals surface area contributed by atoms with Gasteiger partial charge in [0.05, 0.1) is 38.0 Å². The second-order valence-corrected chi connectivity index (χ2v) is 8.14. The van der Waals surface area contributed by atoms with Gasteiger partial charge in [0.15, 0.2) is 11.5 Å². The van der Waals surface area contributed by atoms with Gasteiger partial charge in [0.2, 0.25) is 0 Å². The highest BCUT2D eigenvalue weighted by atomic mass is 16.5. The highest BCUT2D eigenvalue weighted by Gasteiger charge is 2.46. The number of aromatic hydroxyl groups is 1. The molecule has 1 unspecified atom stereocenters. The highest BCUT2D eigenvalue weighted by Crippen LogP contribution is 2.43. The number of hydrogen-bond donors (Lipinski definition) is 2. The van der Waals surface area contributed by atoms with E-state index in [0.717, 1.165) is 5.56 Å². The molecular weight excluding hydrogens is 462 g/mol. The van der Waals surface area contributed by atoms with Crippen LogP contribution in [0.1, 0.15) is 29.7 Å². The average Bonchev–Trinajstić information content (AvgIpc) is 3.15. The molecule has 36 heavy (non-hydrogen) atoms. The number of carbonyl (C=O) groups excluding carboxylic acids is 2. The number of aliphatic hydroxyl groups is 1. The van der Waals surface area contributed by atoms with Gasteiger partial charge in [-0.15, -0.1) is 0 Å². The lowest BCUT2D eigenvalue weighted by Crippen LogP contribution is -2.29. The Labute approximate surface area is 209 Å². The molecule has 1 heterocycles. The van der Waals surface area contributed by atoms with Crippen molar-refractivity contribution in [3.8, 4) is 23.0 Å². The van der Waals surface area contributed by atoms with Crippen LogP contribution >= 0.6 is 0 Å². The summed E-state index contributed by atoms with van der Waals surface area (Å²) in [6.07, 6.45) is 0. The highest BCUT2D eigenvalue weighted by molar-refractivity contribution is 6.46. The van der Waals surface area contributed by atoms with Crippen molar-refractivity contribution in [2.75, 3.05) is 20.8 Å². The van der Waals surface area contributed by atoms with Crippen molar-refractivity contribution in [1.29, 1.82) is 0 Å². The summed E-state index contributed by atoms with van der Waals surface area (Å²) in [4.78, 5) is 28.0. The van der Waals surface area contributed by atoms with Crippen LogP contribution in [0.2, 0.25) is 0 Å². The Hall–Kier alpha value is -4.46. The Kier molecular flexibility index (Phi) is 7.15. The van der Waals surface area contributed by atoms with Crippen LogP contribution in [0.3, 0.4) is 0 Å². The lowest BCUT2D eigenvalue weighted by Gasteiger charge is -2.26. The molecule has 0 bridgehead atoms. The van der Waals surface area contributed by atoms with Crippen LogP contribution in [0.5, 0.6) is 23.0 Å². The zero-order valence-electron chi connectivity index (χ0n) is 20.2. The Balaban J connectivity index is 1.88. The zero-order chi connectivity index (χ0) is 25.8. The van der Waals surface area contributed by atoms with Crippen molar-refractivity contribution in [1.82, 2.24) is 4.90 Å². The van der Waals surface area contributed by atoms with Gasteiger partial charge in [-0.05, 0) is 54.4 Å². The van der Waals surface area contributed by atoms with Crippen LogP contribution in [-0.4, -0.2) is 47.6 Å². The van der Waals surface area contributed by atoms with E-state index in [-0.39, 0.29) is 34.9 Å². The summed E-state index contributed by atoms with van der Waals surface area (Å²) in [5, 5.41) is 21.6. The number of benzene rings is 3. The minimum atomic E-state index is -0.933. The third kappa shape index (κ3) is 4.57. The number of rotatable bonds is 8. The van der Waals surface area contributed by atoms with E-state index in [1.807, 2.05) is 0 Å². The maximum Gasteiger partial charge on any atom is 0.295 e. The van der Waals surface area contributed by atoms with Crippen molar-refractivity contribution in [2.24, 2.45) is 0 Å². The van der Waals surface area contributed by atoms with Crippen molar-refractivity contribution in [3.05, 3.63) is 89.0 Å². The molecule has 1 aliphatic heterocycles. The Morgan fingerprint density at radius 1 is 0.944 bits per heavy atom. The number of hydrogen-bond acceptors (Lipinski definition) is 7. The Morgan fingerprint density at radius 3 is 2.33 bits per heavy atom. The number of ketones is 1. The van der Waals surface area contributed by atoms with Crippen molar-refractivity contribution >= 4 is 17.4 Å². The summed E-state index contributed by atoms with van der Waals surface area (Å²) >= 11 is 0. The molecule has 186 valence electrons. The number of phenolic OH excluding ortho intramolecular Hbond substituents is 1. The van der Waals surface area contributed by atoms with E-state index in [0.29, 0.717) is 23.7 Å². The van der Waals surface area contributed by atoms with Crippen molar-refractivity contribution in [3.63, 3.8) is 0 Å². The molecule has 0 spiro atoms. The first-order valence-corrected chi connectivity index (χ1v) is 11.4. The first-order valence-electron chi connectivity index (χ1n) is 11.4. The summed E-state index contributed by atoms with van der Waals surface area (Å²) < 4.78 is 16.1. The molecule has 0 aromatic heterocycles. The number of aliphatic hydroxyl groups excluding tert-OH is 1. The molecule has 0 aliphatic carbocycles. The standard InChI is InChI=1S/C28H27NO7/c1-4-36-23-15-18(11-14-21(23)30)25-24(26(31)20-7-5-6-8-22(20)35-3)27(32)28(33)29(25)16-17-9-12-19(34-2)13-10-17/h5-15,25,30-31H,4,16H2,1-3H3/b26-24-. The number of amides is 1. The summed E-state index contributed by atoms with van der Waals surface area (Å²) in [6, 6.07) is 17.5. The summed E-state index contributed by atoms with van der Waals surface area (Å²) in [5.74, 6) is -0.760. The van der Waals surface area contributed by atoms with Gasteiger partial charge in [-0.25, -0.2) is 0 Å². The van der Waals surface area contributed by atoms with Gasteiger partial charge < -0.3 is 29.3 Å². The van der Waals surface area contributed by atoms with E-state index in [1.54, 1.807) is 74.7 Å². The summed E-state index contributed by atoms with van der Waals surface area (Å²) in [7, 11) is 3.02. The lowest BCUT2D eigenvalue weighted by molar-refractivity contribution is -0.140. The van der Waals surface area contributed by atoms with Crippen LogP contribution in [-0.2, 0) is 16.1 Å². The zero-order valence-corrected chi connectivity index (χ0v) is 20.2. The number of phenols is 1. The fourth-order valence-corrected chi connectivity index (χ4v) is 4.27. The van der Waals surface area contributed by atoms with Crippen molar-refractivity contribution in [2.45, 2.75) is 19.5 Å². The fourth-order valence-electron chi connectivity index (χ4n) is 4.27. The molecule has 1 amide bonds. The third-order valence-corrected chi connectivity index (χ3v) is 6.01. The quantitative estimate of drug-likeness (QED) is 0.274. The first-order chi connectivity index (χ1) is 17.4. The number of para-hydroxylation sites is 1. The van der Waals surface area contributed by atoms with E-state index in [2.05, 4.69) is 0 Å². The Morgan fingerprint density at radius 2 is 1.67 bits per heavy atom. The fraction of sp³-hybridized carbons (Fsp3) is 0.214. The van der Waals surface area contributed by atoms with Crippen LogP contribution in [0.15, 0.2) is 72.3 Å². The average molecular weight is 490 g/mol. The molecule has 0 saturated carbocycles.